The fraction of sp³-hybridized carbons (Fsp3) is 0.293. The van der Waals surface area contributed by atoms with E-state index in [0.29, 0.717) is 6.04 Å². The highest BCUT2D eigenvalue weighted by atomic mass is 16.5. The number of anilines is 1. The standard InChI is InChI=1S/C41H47N3O3/c1-6-11-32(26-30(2)37-12-7-8-13-38(37)31(3)45)29-44(34-16-18-36(46-4)19-17-34)35-21-24-43(25-22-35)28-33-20-23-42-40(27-33)39-14-9-10-15-41(39)47-5/h6-20,23,26-27,35,40,42H,1,21-22,24-25,28-29H2,2-5H3/b30-26+,32-11+. The molecule has 2 aliphatic rings. The molecule has 2 aliphatic heterocycles. The number of hydrogen-bond acceptors (Lipinski definition) is 6. The number of piperidine rings is 1. The molecule has 0 radical (unpaired) electrons. The summed E-state index contributed by atoms with van der Waals surface area (Å²) in [6, 6.07) is 24.9. The monoisotopic (exact) mass is 629 g/mol. The van der Waals surface area contributed by atoms with Gasteiger partial charge in [0.05, 0.1) is 20.3 Å². The molecule has 0 amide bonds. The van der Waals surface area contributed by atoms with Crippen LogP contribution in [0.5, 0.6) is 11.5 Å². The maximum atomic E-state index is 12.4. The van der Waals surface area contributed by atoms with Gasteiger partial charge in [-0.3, -0.25) is 9.69 Å². The third kappa shape index (κ3) is 8.52. The van der Waals surface area contributed by atoms with Crippen LogP contribution < -0.4 is 19.7 Å². The van der Waals surface area contributed by atoms with Crippen LogP contribution in [0.25, 0.3) is 5.57 Å². The number of nitrogens with one attached hydrogen (secondary N) is 1. The summed E-state index contributed by atoms with van der Waals surface area (Å²) in [6.07, 6.45) is 14.8. The molecule has 0 bridgehead atoms. The maximum absolute atomic E-state index is 12.4. The smallest absolute Gasteiger partial charge is 0.160 e. The molecule has 47 heavy (non-hydrogen) atoms. The predicted octanol–water partition coefficient (Wildman–Crippen LogP) is 8.18. The first-order valence-corrected chi connectivity index (χ1v) is 16.4. The van der Waals surface area contributed by atoms with Crippen molar-refractivity contribution in [2.24, 2.45) is 0 Å². The molecule has 0 saturated carbocycles. The number of allylic oxidation sites excluding steroid dienone is 3. The van der Waals surface area contributed by atoms with E-state index in [1.54, 1.807) is 21.1 Å². The molecule has 0 spiro atoms. The minimum atomic E-state index is 0.0697. The highest BCUT2D eigenvalue weighted by molar-refractivity contribution is 5.99. The van der Waals surface area contributed by atoms with Crippen molar-refractivity contribution in [3.63, 3.8) is 0 Å². The number of dihydropyridines is 1. The van der Waals surface area contributed by atoms with Gasteiger partial charge >= 0.3 is 0 Å². The van der Waals surface area contributed by atoms with Crippen molar-refractivity contribution >= 4 is 17.0 Å². The number of likely N-dealkylation sites (tertiary alicyclic amines) is 1. The van der Waals surface area contributed by atoms with E-state index < -0.39 is 0 Å². The normalized spacial score (nSPS) is 17.4. The minimum absolute atomic E-state index is 0.0697. The van der Waals surface area contributed by atoms with Gasteiger partial charge in [-0.1, -0.05) is 73.3 Å². The zero-order valence-electron chi connectivity index (χ0n) is 28.1. The molecule has 6 nitrogen and oxygen atoms in total. The van der Waals surface area contributed by atoms with Gasteiger partial charge in [0.15, 0.2) is 5.78 Å². The third-order valence-electron chi connectivity index (χ3n) is 9.05. The van der Waals surface area contributed by atoms with E-state index >= 15 is 0 Å². The molecule has 0 aromatic heterocycles. The number of methoxy groups -OCH3 is 2. The molecule has 1 N–H and O–H groups in total. The Labute approximate surface area is 280 Å². The van der Waals surface area contributed by atoms with Gasteiger partial charge in [0.1, 0.15) is 11.5 Å². The number of carbonyl (C=O) groups is 1. The number of ketones is 1. The van der Waals surface area contributed by atoms with Gasteiger partial charge in [0.25, 0.3) is 0 Å². The van der Waals surface area contributed by atoms with Crippen molar-refractivity contribution in [3.8, 4) is 11.5 Å². The molecular weight excluding hydrogens is 582 g/mol. The molecule has 0 aliphatic carbocycles. The van der Waals surface area contributed by atoms with Crippen LogP contribution >= 0.6 is 0 Å². The topological polar surface area (TPSA) is 54.0 Å². The Morgan fingerprint density at radius 2 is 1.66 bits per heavy atom. The number of carbonyl (C=O) groups excluding carboxylic acids is 1. The lowest BCUT2D eigenvalue weighted by Crippen LogP contribution is -2.46. The summed E-state index contributed by atoms with van der Waals surface area (Å²) in [5.41, 5.74) is 7.53. The summed E-state index contributed by atoms with van der Waals surface area (Å²) in [4.78, 5) is 17.5. The number of hydrogen-bond donors (Lipinski definition) is 1. The van der Waals surface area contributed by atoms with E-state index in [4.69, 9.17) is 9.47 Å². The molecule has 2 heterocycles. The van der Waals surface area contributed by atoms with E-state index in [9.17, 15) is 4.79 Å². The second-order valence-corrected chi connectivity index (χ2v) is 12.2. The van der Waals surface area contributed by atoms with Crippen LogP contribution in [0.2, 0.25) is 0 Å². The Morgan fingerprint density at radius 1 is 0.957 bits per heavy atom. The first-order valence-electron chi connectivity index (χ1n) is 16.4. The largest absolute Gasteiger partial charge is 0.497 e. The summed E-state index contributed by atoms with van der Waals surface area (Å²) in [6.45, 7) is 11.4. The van der Waals surface area contributed by atoms with E-state index in [-0.39, 0.29) is 11.8 Å². The molecule has 1 unspecified atom stereocenters. The molecule has 244 valence electrons. The maximum Gasteiger partial charge on any atom is 0.160 e. The molecule has 3 aromatic carbocycles. The molecule has 3 aromatic rings. The quantitative estimate of drug-likeness (QED) is 0.152. The van der Waals surface area contributed by atoms with Crippen LogP contribution in [0.4, 0.5) is 5.69 Å². The lowest BCUT2D eigenvalue weighted by Gasteiger charge is -2.40. The number of benzene rings is 3. The van der Waals surface area contributed by atoms with Crippen molar-refractivity contribution < 1.29 is 14.3 Å². The molecule has 1 atom stereocenters. The second kappa shape index (κ2) is 16.1. The zero-order valence-corrected chi connectivity index (χ0v) is 28.1. The van der Waals surface area contributed by atoms with Crippen LogP contribution in [-0.4, -0.2) is 57.1 Å². The van der Waals surface area contributed by atoms with E-state index in [1.807, 2.05) is 54.6 Å². The Kier molecular flexibility index (Phi) is 11.5. The van der Waals surface area contributed by atoms with Gasteiger partial charge in [-0.25, -0.2) is 0 Å². The van der Waals surface area contributed by atoms with E-state index in [0.717, 1.165) is 84.0 Å². The summed E-state index contributed by atoms with van der Waals surface area (Å²) in [5, 5.41) is 3.48. The third-order valence-corrected chi connectivity index (χ3v) is 9.05. The minimum Gasteiger partial charge on any atom is -0.497 e. The van der Waals surface area contributed by atoms with Gasteiger partial charge in [-0.15, -0.1) is 0 Å². The lowest BCUT2D eigenvalue weighted by molar-refractivity contribution is 0.101. The first-order chi connectivity index (χ1) is 22.9. The Hall–Kier alpha value is -4.81. The summed E-state index contributed by atoms with van der Waals surface area (Å²) < 4.78 is 11.1. The molecule has 6 heteroatoms. The Bertz CT molecular complexity index is 1660. The van der Waals surface area contributed by atoms with Crippen LogP contribution in [0.1, 0.15) is 54.2 Å². The fourth-order valence-electron chi connectivity index (χ4n) is 6.62. The van der Waals surface area contributed by atoms with Crippen molar-refractivity contribution in [1.29, 1.82) is 0 Å². The summed E-state index contributed by atoms with van der Waals surface area (Å²) >= 11 is 0. The average molecular weight is 630 g/mol. The molecule has 1 fully saturated rings. The van der Waals surface area contributed by atoms with Crippen molar-refractivity contribution in [1.82, 2.24) is 10.2 Å². The van der Waals surface area contributed by atoms with Gasteiger partial charge in [-0.2, -0.15) is 0 Å². The fourth-order valence-corrected chi connectivity index (χ4v) is 6.62. The first kappa shape index (κ1) is 33.6. The number of ether oxygens (including phenoxy) is 2. The lowest BCUT2D eigenvalue weighted by atomic mass is 9.96. The predicted molar refractivity (Wildman–Crippen MR) is 194 cm³/mol. The van der Waals surface area contributed by atoms with Gasteiger partial charge in [0.2, 0.25) is 0 Å². The number of para-hydroxylation sites is 1. The summed E-state index contributed by atoms with van der Waals surface area (Å²) in [5.74, 6) is 1.81. The number of nitrogens with zero attached hydrogens (tertiary/aromatic N) is 2. The van der Waals surface area contributed by atoms with Crippen molar-refractivity contribution in [2.45, 2.75) is 38.8 Å². The van der Waals surface area contributed by atoms with Gasteiger partial charge < -0.3 is 19.7 Å². The summed E-state index contributed by atoms with van der Waals surface area (Å²) in [7, 11) is 3.42. The Balaban J connectivity index is 1.33. The second-order valence-electron chi connectivity index (χ2n) is 12.2. The number of Topliss-reactive ketones (excluding diaryl/α,β-unsaturated/α-hetero) is 1. The van der Waals surface area contributed by atoms with Crippen molar-refractivity contribution in [2.75, 3.05) is 45.3 Å². The van der Waals surface area contributed by atoms with Crippen LogP contribution in [0.3, 0.4) is 0 Å². The molecule has 1 saturated heterocycles. The number of rotatable bonds is 13. The Morgan fingerprint density at radius 3 is 2.34 bits per heavy atom. The highest BCUT2D eigenvalue weighted by Crippen LogP contribution is 2.31. The SMILES string of the molecule is C=C/C=C(\C=C(/C)c1ccccc1C(C)=O)CN(c1ccc(OC)cc1)C1CCN(CC2=CC(c3ccccc3OC)NC=C2)CC1. The van der Waals surface area contributed by atoms with E-state index in [2.05, 4.69) is 83.4 Å². The van der Waals surface area contributed by atoms with Crippen molar-refractivity contribution in [3.05, 3.63) is 144 Å². The molecule has 5 rings (SSSR count). The molecular formula is C41H47N3O3. The van der Waals surface area contributed by atoms with Crippen LogP contribution in [0.15, 0.2) is 127 Å². The zero-order chi connectivity index (χ0) is 33.2. The van der Waals surface area contributed by atoms with Gasteiger partial charge in [-0.05, 0) is 91.6 Å². The van der Waals surface area contributed by atoms with Crippen LogP contribution in [0, 0.1) is 0 Å². The highest BCUT2D eigenvalue weighted by Gasteiger charge is 2.26. The van der Waals surface area contributed by atoms with Gasteiger partial charge in [0, 0.05) is 49.0 Å². The van der Waals surface area contributed by atoms with E-state index in [1.165, 1.54) is 5.57 Å². The van der Waals surface area contributed by atoms with Crippen LogP contribution in [-0.2, 0) is 0 Å². The average Bonchev–Trinajstić information content (AvgIpc) is 3.11.